The van der Waals surface area contributed by atoms with Crippen molar-refractivity contribution in [2.45, 2.75) is 284 Å². The zero-order valence-corrected chi connectivity index (χ0v) is 88.0. The largest absolute Gasteiger partial charge is 0.491 e. The summed E-state index contributed by atoms with van der Waals surface area (Å²) in [5, 5.41) is 2.25. The second-order valence-electron chi connectivity index (χ2n) is 39.1. The van der Waals surface area contributed by atoms with Crippen LogP contribution in [-0.2, 0) is 10.8 Å². The first-order valence-electron chi connectivity index (χ1n) is 51.7. The van der Waals surface area contributed by atoms with E-state index in [0.29, 0.717) is 36.9 Å². The first-order valence-corrected chi connectivity index (χ1v) is 58.3. The van der Waals surface area contributed by atoms with Crippen LogP contribution >= 0.6 is 92.3 Å². The van der Waals surface area contributed by atoms with Crippen LogP contribution in [0.4, 0.5) is 34.1 Å². The van der Waals surface area contributed by atoms with Gasteiger partial charge in [-0.2, -0.15) is 0 Å². The minimum absolute atomic E-state index is 0.0398. The maximum absolute atomic E-state index is 7.40. The Bertz CT molecular complexity index is 5770. The van der Waals surface area contributed by atoms with Gasteiger partial charge in [0.1, 0.15) is 11.5 Å². The normalized spacial score (nSPS) is 19.5. The molecular formula is C118H138N8O2S8. The summed E-state index contributed by atoms with van der Waals surface area (Å²) in [4.78, 5) is 29.8. The molecule has 8 atom stereocenters. The van der Waals surface area contributed by atoms with Crippen molar-refractivity contribution >= 4 is 169 Å². The number of para-hydroxylation sites is 4. The molecule has 6 aliphatic rings. The lowest BCUT2D eigenvalue weighted by atomic mass is 9.65. The van der Waals surface area contributed by atoms with Gasteiger partial charge in [-0.3, -0.25) is 9.98 Å². The highest BCUT2D eigenvalue weighted by Crippen LogP contribution is 2.66. The molecule has 13 aromatic rings. The predicted molar refractivity (Wildman–Crippen MR) is 597 cm³/mol. The van der Waals surface area contributed by atoms with Gasteiger partial charge in [0.25, 0.3) is 0 Å². The highest BCUT2D eigenvalue weighted by atomic mass is 32.2. The Morgan fingerprint density at radius 3 is 0.912 bits per heavy atom. The second kappa shape index (κ2) is 44.7. The molecule has 136 heavy (non-hydrogen) atoms. The number of ether oxygens (including phenoxy) is 2. The number of thiophene rings is 6. The molecule has 0 bridgehead atoms. The van der Waals surface area contributed by atoms with Crippen LogP contribution in [0, 0.1) is 23.7 Å². The van der Waals surface area contributed by atoms with E-state index in [0.717, 1.165) is 103 Å². The van der Waals surface area contributed by atoms with Gasteiger partial charge in [-0.1, -0.05) is 308 Å². The van der Waals surface area contributed by atoms with E-state index in [2.05, 4.69) is 317 Å². The van der Waals surface area contributed by atoms with Gasteiger partial charge in [0.2, 0.25) is 0 Å². The first-order chi connectivity index (χ1) is 67.0. The van der Waals surface area contributed by atoms with Crippen molar-refractivity contribution in [2.24, 2.45) is 33.7 Å². The number of nitrogens with one attached hydrogen (secondary N) is 4. The van der Waals surface area contributed by atoms with Crippen LogP contribution in [0.5, 0.6) is 11.5 Å². The van der Waals surface area contributed by atoms with Crippen LogP contribution in [0.2, 0.25) is 0 Å². The Morgan fingerprint density at radius 2 is 0.603 bits per heavy atom. The molecule has 710 valence electrons. The van der Waals surface area contributed by atoms with Crippen molar-refractivity contribution in [3.8, 4) is 51.9 Å². The number of aliphatic imine (C=N–C) groups is 2. The Balaban J connectivity index is 0.694. The molecule has 8 unspecified atom stereocenters. The van der Waals surface area contributed by atoms with E-state index >= 15 is 0 Å². The van der Waals surface area contributed by atoms with E-state index < -0.39 is 0 Å². The monoisotopic (exact) mass is 1950 g/mol. The molecule has 0 spiro atoms. The SMILES string of the molecule is CCCCCCOc1c2cc(C3=CN=C(c4cc5c(s4)-c4sc(-c6ccc(N(c7ccccc7)c7ccccc7)cc6)cc4C5(CC(CC)CCCC)CC(CC)CCCC)C4NSNC34)sc2c(OCCCCCC)c2cc(C3=CN=C(c4cc5c(s4)-c4sc(-c6ccc(N(c7ccccc7)c7ccccc7)cc6)cc4C5(CC(CC)CCCC)CC(CC)CCCC)C4NSNC34)sc12. The Morgan fingerprint density at radius 1 is 0.309 bits per heavy atom. The number of anilines is 6. The minimum Gasteiger partial charge on any atom is -0.491 e. The maximum atomic E-state index is 7.40. The maximum Gasteiger partial charge on any atom is 0.146 e. The van der Waals surface area contributed by atoms with Crippen LogP contribution in [0.15, 0.2) is 229 Å². The molecule has 2 fully saturated rings. The summed E-state index contributed by atoms with van der Waals surface area (Å²) < 4.78 is 33.0. The molecular weight excluding hydrogens is 1820 g/mol. The molecule has 10 nitrogen and oxygen atoms in total. The van der Waals surface area contributed by atoms with Crippen molar-refractivity contribution in [1.29, 1.82) is 0 Å². The molecule has 0 saturated carbocycles. The van der Waals surface area contributed by atoms with Crippen LogP contribution in [-0.4, -0.2) is 48.8 Å². The van der Waals surface area contributed by atoms with E-state index in [-0.39, 0.29) is 35.0 Å². The number of fused-ring (bicyclic) bond motifs is 10. The quantitative estimate of drug-likeness (QED) is 0.0218. The summed E-state index contributed by atoms with van der Waals surface area (Å²) >= 11 is 15.1. The third-order valence-corrected chi connectivity index (χ3v) is 39.2. The van der Waals surface area contributed by atoms with Gasteiger partial charge in [0.05, 0.1) is 68.0 Å². The number of hydrogen-bond donors (Lipinski definition) is 4. The summed E-state index contributed by atoms with van der Waals surface area (Å²) in [6.45, 7) is 25.3. The summed E-state index contributed by atoms with van der Waals surface area (Å²) in [5.41, 5.74) is 20.1. The van der Waals surface area contributed by atoms with Gasteiger partial charge in [-0.25, -0.2) is 18.9 Å². The Hall–Kier alpha value is -8.18. The third-order valence-electron chi connectivity index (χ3n) is 30.3. The molecule has 4 N–H and O–H groups in total. The third kappa shape index (κ3) is 19.7. The Labute approximate surface area is 843 Å². The van der Waals surface area contributed by atoms with Gasteiger partial charge in [0, 0.05) is 143 Å². The lowest BCUT2D eigenvalue weighted by molar-refractivity contribution is 0.266. The summed E-state index contributed by atoms with van der Waals surface area (Å²) in [6.07, 6.45) is 37.8. The highest BCUT2D eigenvalue weighted by Gasteiger charge is 2.52. The van der Waals surface area contributed by atoms with Gasteiger partial charge >= 0.3 is 0 Å². The van der Waals surface area contributed by atoms with Crippen LogP contribution in [0.1, 0.15) is 291 Å². The summed E-state index contributed by atoms with van der Waals surface area (Å²) in [7, 11) is 0. The number of benzene rings is 7. The van der Waals surface area contributed by atoms with E-state index in [1.807, 2.05) is 68.0 Å². The van der Waals surface area contributed by atoms with Gasteiger partial charge in [0.15, 0.2) is 0 Å². The topological polar surface area (TPSA) is 97.8 Å². The first kappa shape index (κ1) is 96.7. The second-order valence-corrected chi connectivity index (χ2v) is 46.8. The van der Waals surface area contributed by atoms with Crippen molar-refractivity contribution < 1.29 is 9.47 Å². The predicted octanol–water partition coefficient (Wildman–Crippen LogP) is 36.2. The lowest BCUT2D eigenvalue weighted by Crippen LogP contribution is -2.43. The highest BCUT2D eigenvalue weighted by molar-refractivity contribution is 7.96. The van der Waals surface area contributed by atoms with Crippen molar-refractivity contribution in [3.05, 3.63) is 260 Å². The van der Waals surface area contributed by atoms with Gasteiger partial charge < -0.3 is 19.3 Å². The molecule has 4 aliphatic heterocycles. The van der Waals surface area contributed by atoms with Gasteiger partial charge in [-0.15, -0.1) is 68.0 Å². The lowest BCUT2D eigenvalue weighted by Gasteiger charge is -2.38. The number of unbranched alkanes of at least 4 members (excludes halogenated alkanes) is 10. The van der Waals surface area contributed by atoms with Crippen LogP contribution in [0.25, 0.3) is 71.7 Å². The molecule has 10 heterocycles. The molecule has 18 heteroatoms. The summed E-state index contributed by atoms with van der Waals surface area (Å²) in [5.74, 6) is 4.39. The van der Waals surface area contributed by atoms with E-state index in [1.165, 1.54) is 225 Å². The van der Waals surface area contributed by atoms with E-state index in [9.17, 15) is 0 Å². The molecule has 6 aromatic heterocycles. The number of hydrogen-bond acceptors (Lipinski definition) is 18. The standard InChI is InChI=1S/C118H138N8O2S8/c1-11-21-27-41-63-127-109-89-65-99(91-75-119-105(107-103(91)121-135-123-107)101-69-95-115(133-101)113-93(117(95,71-77(17-7)43-23-13-3)72-78(18-8)44-24-14-4)67-97(129-113)81-55-59-87(60-56-81)125(83-47-33-29-34-48-83)84-49-35-30-36-50-84)132-112(89)110(128-64-42-28-22-12-2)90-66-100(131-111(90)109)92-76-120-106(108-104(92)122-136-124-108)102-70-96-116(134-102)114-94(118(96,73-79(19-9)45-25-15-5)74-80(20-10)46-26-16-6)68-98(130-114)82-57-61-88(62-58-82)126(85-51-37-31-38-52-85)86-53-39-32-40-54-86/h29-40,47-62,65-70,75-80,103-104,107-108,121-124H,11-28,41-46,63-64,71-74H2,1-10H3. The zero-order chi connectivity index (χ0) is 93.2. The van der Waals surface area contributed by atoms with Gasteiger partial charge in [-0.05, 0) is 205 Å². The molecule has 0 radical (unpaired) electrons. The average molecular weight is 1960 g/mol. The Kier molecular flexibility index (Phi) is 31.8. The van der Waals surface area contributed by atoms with E-state index in [1.54, 1.807) is 46.5 Å². The molecule has 2 saturated heterocycles. The van der Waals surface area contributed by atoms with E-state index in [4.69, 9.17) is 19.5 Å². The van der Waals surface area contributed by atoms with Crippen molar-refractivity contribution in [2.75, 3.05) is 23.0 Å². The molecule has 7 aromatic carbocycles. The minimum atomic E-state index is -0.123. The van der Waals surface area contributed by atoms with Crippen molar-refractivity contribution in [3.63, 3.8) is 0 Å². The summed E-state index contributed by atoms with van der Waals surface area (Å²) in [6, 6.07) is 77.5. The number of nitrogens with zero attached hydrogens (tertiary/aromatic N) is 4. The van der Waals surface area contributed by atoms with Crippen LogP contribution < -0.4 is 38.2 Å². The fraction of sp³-hybridized carbons (Fsp3) is 0.424. The average Bonchev–Trinajstić information content (AvgIpc) is 1.54. The number of rotatable bonds is 48. The van der Waals surface area contributed by atoms with Crippen LogP contribution in [0.3, 0.4) is 0 Å². The molecule has 19 rings (SSSR count). The zero-order valence-electron chi connectivity index (χ0n) is 81.5. The van der Waals surface area contributed by atoms with Crippen molar-refractivity contribution in [1.82, 2.24) is 18.9 Å². The fourth-order valence-corrected chi connectivity index (χ4v) is 32.2. The smallest absolute Gasteiger partial charge is 0.146 e. The molecule has 0 amide bonds. The fourth-order valence-electron chi connectivity index (χ4n) is 22.7. The molecule has 2 aliphatic carbocycles.